The number of carbonyl (C=O) groups excluding carboxylic acids is 1. The Kier molecular flexibility index (Phi) is 6.45. The summed E-state index contributed by atoms with van der Waals surface area (Å²) < 4.78 is 0.911. The molecule has 6 heteroatoms. The Morgan fingerprint density at radius 2 is 1.39 bits per heavy atom. The molecular weight excluding hydrogens is 416 g/mol. The molecule has 0 aliphatic carbocycles. The van der Waals surface area contributed by atoms with Crippen LogP contribution in [0.4, 0.5) is 22.7 Å². The lowest BCUT2D eigenvalue weighted by atomic mass is 10.2. The van der Waals surface area contributed by atoms with E-state index in [0.29, 0.717) is 5.69 Å². The van der Waals surface area contributed by atoms with Crippen molar-refractivity contribution >= 4 is 44.6 Å². The van der Waals surface area contributed by atoms with Crippen molar-refractivity contribution < 1.29 is 4.79 Å². The molecule has 0 aliphatic heterocycles. The number of nitrogens with one attached hydrogen (secondary N) is 3. The highest BCUT2D eigenvalue weighted by molar-refractivity contribution is 9.10. The Bertz CT molecular complexity index is 1010. The number of hydrogen-bond acceptors (Lipinski definition) is 4. The van der Waals surface area contributed by atoms with Gasteiger partial charge >= 0.3 is 0 Å². The molecule has 3 aromatic carbocycles. The van der Waals surface area contributed by atoms with Crippen molar-refractivity contribution in [2.75, 3.05) is 16.0 Å². The summed E-state index contributed by atoms with van der Waals surface area (Å²) in [6.07, 6.45) is 1.40. The number of halogens is 1. The summed E-state index contributed by atoms with van der Waals surface area (Å²) in [7, 11) is 0. The molecule has 1 amide bonds. The van der Waals surface area contributed by atoms with Crippen LogP contribution in [0.25, 0.3) is 0 Å². The highest BCUT2D eigenvalue weighted by Gasteiger charge is 2.09. The van der Waals surface area contributed by atoms with Crippen LogP contribution in [0, 0.1) is 11.3 Å². The van der Waals surface area contributed by atoms with Crippen molar-refractivity contribution in [3.8, 4) is 6.07 Å². The number of benzene rings is 3. The lowest BCUT2D eigenvalue weighted by Crippen LogP contribution is -2.14. The Balaban J connectivity index is 1.61. The maximum Gasteiger partial charge on any atom is 0.267 e. The molecule has 28 heavy (non-hydrogen) atoms. The van der Waals surface area contributed by atoms with Crippen LogP contribution in [0.5, 0.6) is 0 Å². The average Bonchev–Trinajstić information content (AvgIpc) is 2.72. The SMILES string of the molecule is N#C/C(=C/Nc1ccc(Nc2ccccc2)cc1)C(=O)Nc1ccc(Br)cc1. The van der Waals surface area contributed by atoms with Crippen molar-refractivity contribution in [3.63, 3.8) is 0 Å². The van der Waals surface area contributed by atoms with Crippen LogP contribution < -0.4 is 16.0 Å². The lowest BCUT2D eigenvalue weighted by molar-refractivity contribution is -0.112. The van der Waals surface area contributed by atoms with E-state index in [1.54, 1.807) is 12.1 Å². The van der Waals surface area contributed by atoms with Crippen LogP contribution in [0.3, 0.4) is 0 Å². The molecule has 0 spiro atoms. The van der Waals surface area contributed by atoms with Gasteiger partial charge in [0.1, 0.15) is 11.6 Å². The van der Waals surface area contributed by atoms with Gasteiger partial charge < -0.3 is 16.0 Å². The largest absolute Gasteiger partial charge is 0.360 e. The maximum atomic E-state index is 12.2. The fraction of sp³-hybridized carbons (Fsp3) is 0. The third kappa shape index (κ3) is 5.47. The molecule has 0 unspecified atom stereocenters. The smallest absolute Gasteiger partial charge is 0.267 e. The molecule has 0 heterocycles. The van der Waals surface area contributed by atoms with Gasteiger partial charge in [-0.25, -0.2) is 0 Å². The minimum absolute atomic E-state index is 0.0191. The molecule has 0 bridgehead atoms. The molecule has 3 aromatic rings. The van der Waals surface area contributed by atoms with Crippen molar-refractivity contribution in [2.24, 2.45) is 0 Å². The lowest BCUT2D eigenvalue weighted by Gasteiger charge is -2.08. The number of carbonyl (C=O) groups is 1. The maximum absolute atomic E-state index is 12.2. The Hall–Kier alpha value is -3.56. The van der Waals surface area contributed by atoms with E-state index >= 15 is 0 Å². The van der Waals surface area contributed by atoms with Crippen LogP contribution in [-0.4, -0.2) is 5.91 Å². The second kappa shape index (κ2) is 9.40. The number of para-hydroxylation sites is 1. The zero-order valence-corrected chi connectivity index (χ0v) is 16.4. The fourth-order valence-corrected chi connectivity index (χ4v) is 2.64. The van der Waals surface area contributed by atoms with Crippen molar-refractivity contribution in [2.45, 2.75) is 0 Å². The molecule has 0 atom stereocenters. The van der Waals surface area contributed by atoms with Crippen LogP contribution in [0.15, 0.2) is 95.1 Å². The molecular formula is C22H17BrN4O. The van der Waals surface area contributed by atoms with Gasteiger partial charge in [-0.2, -0.15) is 5.26 Å². The number of rotatable bonds is 6. The van der Waals surface area contributed by atoms with E-state index in [1.165, 1.54) is 6.20 Å². The van der Waals surface area contributed by atoms with E-state index in [-0.39, 0.29) is 5.57 Å². The molecule has 3 N–H and O–H groups in total. The number of hydrogen-bond donors (Lipinski definition) is 3. The first kappa shape index (κ1) is 19.2. The molecule has 0 aromatic heterocycles. The predicted molar refractivity (Wildman–Crippen MR) is 116 cm³/mol. The van der Waals surface area contributed by atoms with Gasteiger partial charge in [-0.15, -0.1) is 0 Å². The van der Waals surface area contributed by atoms with E-state index in [0.717, 1.165) is 21.5 Å². The first-order valence-electron chi connectivity index (χ1n) is 8.50. The average molecular weight is 433 g/mol. The highest BCUT2D eigenvalue weighted by atomic mass is 79.9. The quantitative estimate of drug-likeness (QED) is 0.347. The summed E-state index contributed by atoms with van der Waals surface area (Å²) in [4.78, 5) is 12.2. The summed E-state index contributed by atoms with van der Waals surface area (Å²) in [5.74, 6) is -0.473. The molecule has 138 valence electrons. The van der Waals surface area contributed by atoms with E-state index in [4.69, 9.17) is 0 Å². The molecule has 0 saturated heterocycles. The molecule has 0 aliphatic rings. The summed E-state index contributed by atoms with van der Waals surface area (Å²) in [5.41, 5.74) is 3.30. The van der Waals surface area contributed by atoms with Gasteiger partial charge in [-0.1, -0.05) is 34.1 Å². The molecule has 0 saturated carbocycles. The fourth-order valence-electron chi connectivity index (χ4n) is 2.37. The number of nitriles is 1. The number of amides is 1. The van der Waals surface area contributed by atoms with Gasteiger partial charge in [-0.05, 0) is 60.7 Å². The minimum Gasteiger partial charge on any atom is -0.360 e. The second-order valence-corrected chi connectivity index (χ2v) is 6.76. The van der Waals surface area contributed by atoms with E-state index in [1.807, 2.05) is 72.8 Å². The van der Waals surface area contributed by atoms with Crippen LogP contribution in [0.2, 0.25) is 0 Å². The van der Waals surface area contributed by atoms with Crippen LogP contribution >= 0.6 is 15.9 Å². The van der Waals surface area contributed by atoms with Gasteiger partial charge in [0.25, 0.3) is 5.91 Å². The molecule has 3 rings (SSSR count). The zero-order valence-electron chi connectivity index (χ0n) is 14.8. The summed E-state index contributed by atoms with van der Waals surface area (Å²) in [6, 6.07) is 26.5. The third-order valence-electron chi connectivity index (χ3n) is 3.80. The minimum atomic E-state index is -0.473. The monoisotopic (exact) mass is 432 g/mol. The first-order valence-corrected chi connectivity index (χ1v) is 9.29. The Labute approximate surface area is 171 Å². The van der Waals surface area contributed by atoms with Crippen molar-refractivity contribution in [1.82, 2.24) is 0 Å². The Morgan fingerprint density at radius 3 is 2.04 bits per heavy atom. The third-order valence-corrected chi connectivity index (χ3v) is 4.33. The van der Waals surface area contributed by atoms with Gasteiger partial charge in [0.05, 0.1) is 0 Å². The molecule has 0 radical (unpaired) electrons. The molecule has 0 fully saturated rings. The molecule has 5 nitrogen and oxygen atoms in total. The van der Waals surface area contributed by atoms with Gasteiger partial charge in [0.15, 0.2) is 0 Å². The van der Waals surface area contributed by atoms with Crippen LogP contribution in [-0.2, 0) is 4.79 Å². The number of anilines is 4. The normalized spacial score (nSPS) is 10.6. The Morgan fingerprint density at radius 1 is 0.821 bits per heavy atom. The predicted octanol–water partition coefficient (Wildman–Crippen LogP) is 5.65. The van der Waals surface area contributed by atoms with E-state index in [9.17, 15) is 10.1 Å². The first-order chi connectivity index (χ1) is 13.6. The second-order valence-electron chi connectivity index (χ2n) is 5.84. The summed E-state index contributed by atoms with van der Waals surface area (Å²) in [6.45, 7) is 0. The zero-order chi connectivity index (χ0) is 19.8. The standard InChI is InChI=1S/C22H17BrN4O/c23-17-6-8-21(9-7-17)27-22(28)16(14-24)15-25-18-10-12-20(13-11-18)26-19-4-2-1-3-5-19/h1-13,15,25-26H,(H,27,28)/b16-15-. The van der Waals surface area contributed by atoms with Crippen molar-refractivity contribution in [1.29, 1.82) is 5.26 Å². The summed E-state index contributed by atoms with van der Waals surface area (Å²) >= 11 is 3.34. The summed E-state index contributed by atoms with van der Waals surface area (Å²) in [5, 5.41) is 18.2. The van der Waals surface area contributed by atoms with E-state index < -0.39 is 5.91 Å². The van der Waals surface area contributed by atoms with Crippen molar-refractivity contribution in [3.05, 3.63) is 95.1 Å². The van der Waals surface area contributed by atoms with Crippen LogP contribution in [0.1, 0.15) is 0 Å². The van der Waals surface area contributed by atoms with Gasteiger partial charge in [-0.3, -0.25) is 4.79 Å². The van der Waals surface area contributed by atoms with Gasteiger partial charge in [0.2, 0.25) is 0 Å². The number of nitrogens with zero attached hydrogens (tertiary/aromatic N) is 1. The topological polar surface area (TPSA) is 77.0 Å². The van der Waals surface area contributed by atoms with E-state index in [2.05, 4.69) is 31.9 Å². The van der Waals surface area contributed by atoms with Gasteiger partial charge in [0, 0.05) is 33.4 Å². The highest BCUT2D eigenvalue weighted by Crippen LogP contribution is 2.19.